The van der Waals surface area contributed by atoms with E-state index in [1.54, 1.807) is 24.3 Å². The Bertz CT molecular complexity index is 1360. The lowest BCUT2D eigenvalue weighted by Crippen LogP contribution is -2.39. The molecule has 0 fully saturated rings. The molecular weight excluding hydrogens is 495 g/mol. The zero-order chi connectivity index (χ0) is 25.2. The molecule has 10 heteroatoms. The molecule has 0 radical (unpaired) electrons. The molecule has 0 aliphatic carbocycles. The molecule has 1 amide bonds. The van der Waals surface area contributed by atoms with E-state index in [2.05, 4.69) is 10.5 Å². The first-order valence-corrected chi connectivity index (χ1v) is 13.0. The number of aryl methyl sites for hydroxylation is 3. The third-order valence-corrected chi connectivity index (χ3v) is 7.09. The fraction of sp³-hybridized carbons (Fsp3) is 0.250. The molecule has 0 aliphatic heterocycles. The molecule has 3 aromatic rings. The zero-order valence-corrected chi connectivity index (χ0v) is 21.9. The standard InChI is InChI=1S/C24H26Cl2N4O3S/c1-15-8-16(2)10-21(9-15)29(34(5,32)33)14-24(31)28-27-13-19-11-17(3)30(18(19)4)20-6-7-22(25)23(26)12-20/h6-13H,14H2,1-5H3,(H,28,31)/b27-13-. The Labute approximate surface area is 210 Å². The van der Waals surface area contributed by atoms with Gasteiger partial charge in [-0.05, 0) is 75.2 Å². The van der Waals surface area contributed by atoms with E-state index in [-0.39, 0.29) is 6.54 Å². The van der Waals surface area contributed by atoms with E-state index in [4.69, 9.17) is 23.2 Å². The summed E-state index contributed by atoms with van der Waals surface area (Å²) < 4.78 is 27.7. The van der Waals surface area contributed by atoms with Gasteiger partial charge in [0.2, 0.25) is 10.0 Å². The third kappa shape index (κ3) is 6.00. The maximum absolute atomic E-state index is 12.5. The molecule has 0 aliphatic rings. The minimum absolute atomic E-state index is 0.388. The van der Waals surface area contributed by atoms with Gasteiger partial charge in [0, 0.05) is 22.6 Å². The van der Waals surface area contributed by atoms with Crippen LogP contribution in [0.3, 0.4) is 0 Å². The van der Waals surface area contributed by atoms with Gasteiger partial charge in [-0.2, -0.15) is 5.10 Å². The molecule has 0 unspecified atom stereocenters. The lowest BCUT2D eigenvalue weighted by Gasteiger charge is -2.22. The van der Waals surface area contributed by atoms with Gasteiger partial charge in [-0.1, -0.05) is 29.3 Å². The number of carbonyl (C=O) groups is 1. The van der Waals surface area contributed by atoms with Crippen LogP contribution in [0.25, 0.3) is 5.69 Å². The smallest absolute Gasteiger partial charge is 0.260 e. The second-order valence-corrected chi connectivity index (χ2v) is 10.9. The van der Waals surface area contributed by atoms with Crippen LogP contribution in [0.5, 0.6) is 0 Å². The topological polar surface area (TPSA) is 83.8 Å². The highest BCUT2D eigenvalue weighted by Crippen LogP contribution is 2.27. The molecule has 0 saturated heterocycles. The Kier molecular flexibility index (Phi) is 7.75. The van der Waals surface area contributed by atoms with Crippen molar-refractivity contribution in [1.82, 2.24) is 9.99 Å². The highest BCUT2D eigenvalue weighted by molar-refractivity contribution is 7.92. The lowest BCUT2D eigenvalue weighted by atomic mass is 10.1. The molecule has 1 aromatic heterocycles. The van der Waals surface area contributed by atoms with Crippen molar-refractivity contribution < 1.29 is 13.2 Å². The number of hydrazone groups is 1. The van der Waals surface area contributed by atoms with Gasteiger partial charge in [-0.25, -0.2) is 13.8 Å². The number of hydrogen-bond acceptors (Lipinski definition) is 4. The summed E-state index contributed by atoms with van der Waals surface area (Å²) in [4.78, 5) is 12.5. The fourth-order valence-electron chi connectivity index (χ4n) is 3.77. The van der Waals surface area contributed by atoms with Crippen molar-refractivity contribution in [2.75, 3.05) is 17.1 Å². The van der Waals surface area contributed by atoms with Crippen molar-refractivity contribution in [3.63, 3.8) is 0 Å². The van der Waals surface area contributed by atoms with Crippen molar-refractivity contribution in [2.24, 2.45) is 5.10 Å². The highest BCUT2D eigenvalue weighted by atomic mass is 35.5. The van der Waals surface area contributed by atoms with Crippen LogP contribution in [0.4, 0.5) is 5.69 Å². The van der Waals surface area contributed by atoms with Crippen molar-refractivity contribution in [3.05, 3.63) is 80.6 Å². The average Bonchev–Trinajstić information content (AvgIpc) is 3.00. The van der Waals surface area contributed by atoms with E-state index in [0.29, 0.717) is 15.7 Å². The van der Waals surface area contributed by atoms with E-state index < -0.39 is 15.9 Å². The summed E-state index contributed by atoms with van der Waals surface area (Å²) in [6.07, 6.45) is 2.59. The summed E-state index contributed by atoms with van der Waals surface area (Å²) in [6.45, 7) is 7.22. The minimum atomic E-state index is -3.67. The lowest BCUT2D eigenvalue weighted by molar-refractivity contribution is -0.119. The maximum atomic E-state index is 12.5. The Morgan fingerprint density at radius 1 is 1.03 bits per heavy atom. The molecule has 180 valence electrons. The van der Waals surface area contributed by atoms with Gasteiger partial charge in [0.05, 0.1) is 28.2 Å². The monoisotopic (exact) mass is 520 g/mol. The van der Waals surface area contributed by atoms with Gasteiger partial charge in [-0.15, -0.1) is 0 Å². The molecule has 1 N–H and O–H groups in total. The van der Waals surface area contributed by atoms with Crippen LogP contribution in [-0.4, -0.2) is 37.9 Å². The largest absolute Gasteiger partial charge is 0.318 e. The number of anilines is 1. The van der Waals surface area contributed by atoms with Gasteiger partial charge in [0.15, 0.2) is 0 Å². The predicted molar refractivity (Wildman–Crippen MR) is 139 cm³/mol. The summed E-state index contributed by atoms with van der Waals surface area (Å²) >= 11 is 12.2. The van der Waals surface area contributed by atoms with Gasteiger partial charge >= 0.3 is 0 Å². The summed E-state index contributed by atoms with van der Waals surface area (Å²) in [6, 6.07) is 12.7. The number of rotatable bonds is 7. The van der Waals surface area contributed by atoms with Crippen LogP contribution in [0.2, 0.25) is 10.0 Å². The first-order valence-electron chi connectivity index (χ1n) is 10.4. The molecule has 0 saturated carbocycles. The summed E-state index contributed by atoms with van der Waals surface area (Å²) in [5, 5.41) is 4.97. The second kappa shape index (κ2) is 10.2. The van der Waals surface area contributed by atoms with Crippen molar-refractivity contribution in [2.45, 2.75) is 27.7 Å². The Balaban J connectivity index is 1.77. The molecule has 3 rings (SSSR count). The Morgan fingerprint density at radius 3 is 2.26 bits per heavy atom. The summed E-state index contributed by atoms with van der Waals surface area (Å²) in [5.74, 6) is -0.556. The van der Waals surface area contributed by atoms with Gasteiger partial charge < -0.3 is 4.57 Å². The van der Waals surface area contributed by atoms with E-state index in [1.807, 2.05) is 50.5 Å². The SMILES string of the molecule is Cc1cc(C)cc(N(CC(=O)N/N=C\c2cc(C)n(-c3ccc(Cl)c(Cl)c3)c2C)S(C)(=O)=O)c1. The second-order valence-electron chi connectivity index (χ2n) is 8.17. The molecule has 0 spiro atoms. The fourth-order valence-corrected chi connectivity index (χ4v) is 4.91. The van der Waals surface area contributed by atoms with E-state index in [0.717, 1.165) is 44.3 Å². The predicted octanol–water partition coefficient (Wildman–Crippen LogP) is 4.93. The van der Waals surface area contributed by atoms with Crippen LogP contribution < -0.4 is 9.73 Å². The molecule has 7 nitrogen and oxygen atoms in total. The van der Waals surface area contributed by atoms with E-state index >= 15 is 0 Å². The third-order valence-electron chi connectivity index (χ3n) is 5.21. The molecule has 1 heterocycles. The molecule has 2 aromatic carbocycles. The number of amides is 1. The molecule has 0 bridgehead atoms. The van der Waals surface area contributed by atoms with Crippen molar-refractivity contribution in [1.29, 1.82) is 0 Å². The van der Waals surface area contributed by atoms with Crippen molar-refractivity contribution >= 4 is 51.0 Å². The highest BCUT2D eigenvalue weighted by Gasteiger charge is 2.21. The van der Waals surface area contributed by atoms with Crippen LogP contribution in [0.15, 0.2) is 47.6 Å². The number of carbonyl (C=O) groups excluding carboxylic acids is 1. The first-order chi connectivity index (χ1) is 15.9. The average molecular weight is 521 g/mol. The van der Waals surface area contributed by atoms with Crippen molar-refractivity contribution in [3.8, 4) is 5.69 Å². The number of aromatic nitrogens is 1. The zero-order valence-electron chi connectivity index (χ0n) is 19.6. The number of nitrogens with zero attached hydrogens (tertiary/aromatic N) is 3. The Hall–Kier alpha value is -2.81. The minimum Gasteiger partial charge on any atom is -0.318 e. The Morgan fingerprint density at radius 2 is 1.68 bits per heavy atom. The molecule has 34 heavy (non-hydrogen) atoms. The van der Waals surface area contributed by atoms with Gasteiger partial charge in [0.25, 0.3) is 5.91 Å². The molecular formula is C24H26Cl2N4O3S. The normalized spacial score (nSPS) is 11.7. The van der Waals surface area contributed by atoms with Gasteiger partial charge in [-0.3, -0.25) is 9.10 Å². The van der Waals surface area contributed by atoms with E-state index in [1.165, 1.54) is 6.21 Å². The van der Waals surface area contributed by atoms with E-state index in [9.17, 15) is 13.2 Å². The van der Waals surface area contributed by atoms with Gasteiger partial charge in [0.1, 0.15) is 6.54 Å². The molecule has 0 atom stereocenters. The summed E-state index contributed by atoms with van der Waals surface area (Å²) in [5.41, 5.74) is 8.14. The quantitative estimate of drug-likeness (QED) is 0.353. The number of nitrogens with one attached hydrogen (secondary N) is 1. The van der Waals surface area contributed by atoms with Crippen LogP contribution in [0.1, 0.15) is 28.1 Å². The first kappa shape index (κ1) is 25.8. The number of sulfonamides is 1. The maximum Gasteiger partial charge on any atom is 0.260 e. The van der Waals surface area contributed by atoms with Crippen LogP contribution in [0, 0.1) is 27.7 Å². The van der Waals surface area contributed by atoms with Crippen LogP contribution in [-0.2, 0) is 14.8 Å². The number of benzene rings is 2. The van der Waals surface area contributed by atoms with Crippen LogP contribution >= 0.6 is 23.2 Å². The summed E-state index contributed by atoms with van der Waals surface area (Å²) in [7, 11) is -3.67. The number of halogens is 2. The number of hydrogen-bond donors (Lipinski definition) is 1.